The summed E-state index contributed by atoms with van der Waals surface area (Å²) < 4.78 is 5.83. The van der Waals surface area contributed by atoms with E-state index in [1.165, 1.54) is 43.2 Å². The zero-order valence-electron chi connectivity index (χ0n) is 17.9. The van der Waals surface area contributed by atoms with Gasteiger partial charge in [-0.1, -0.05) is 56.2 Å². The highest BCUT2D eigenvalue weighted by Crippen LogP contribution is 2.58. The molecular formula is C25H23N3O5. The number of nitrogens with two attached hydrogens (primary N) is 1. The molecule has 6 rings (SSSR count). The number of amides is 1. The number of carbonyl (C=O) groups is 2. The quantitative estimate of drug-likeness (QED) is 0.448. The van der Waals surface area contributed by atoms with Crippen LogP contribution in [-0.4, -0.2) is 21.8 Å². The van der Waals surface area contributed by atoms with E-state index in [0.717, 1.165) is 5.92 Å². The predicted molar refractivity (Wildman–Crippen MR) is 121 cm³/mol. The SMILES string of the molecule is CC1CC1.Nc1cccc2c1C(=O)[C@@]1(NC(=O)c3cccc(=O)[nH]3)c3ccccc3O[C@@]21O. The number of H-pyrrole nitrogens is 1. The Hall–Kier alpha value is -3.91. The molecule has 1 aromatic heterocycles. The van der Waals surface area contributed by atoms with E-state index >= 15 is 0 Å². The zero-order valence-corrected chi connectivity index (χ0v) is 17.9. The van der Waals surface area contributed by atoms with E-state index in [4.69, 9.17) is 10.5 Å². The number of hydrogen-bond acceptors (Lipinski definition) is 6. The summed E-state index contributed by atoms with van der Waals surface area (Å²) in [5, 5.41) is 14.2. The second-order valence-corrected chi connectivity index (χ2v) is 8.66. The van der Waals surface area contributed by atoms with Gasteiger partial charge in [-0.2, -0.15) is 0 Å². The van der Waals surface area contributed by atoms with Crippen molar-refractivity contribution >= 4 is 17.4 Å². The molecule has 33 heavy (non-hydrogen) atoms. The Morgan fingerprint density at radius 2 is 1.73 bits per heavy atom. The summed E-state index contributed by atoms with van der Waals surface area (Å²) in [5.41, 5.74) is 4.25. The van der Waals surface area contributed by atoms with Crippen LogP contribution in [0, 0.1) is 5.92 Å². The van der Waals surface area contributed by atoms with Crippen molar-refractivity contribution < 1.29 is 19.4 Å². The Morgan fingerprint density at radius 1 is 1.06 bits per heavy atom. The van der Waals surface area contributed by atoms with E-state index in [9.17, 15) is 19.5 Å². The highest BCUT2D eigenvalue weighted by atomic mass is 16.6. The number of ether oxygens (including phenoxy) is 1. The molecule has 0 saturated heterocycles. The van der Waals surface area contributed by atoms with Gasteiger partial charge in [0.25, 0.3) is 11.7 Å². The maximum absolute atomic E-state index is 13.6. The van der Waals surface area contributed by atoms with E-state index in [2.05, 4.69) is 17.2 Å². The van der Waals surface area contributed by atoms with Crippen molar-refractivity contribution in [2.75, 3.05) is 5.73 Å². The largest absolute Gasteiger partial charge is 0.454 e. The molecule has 2 aliphatic carbocycles. The standard InChI is InChI=1S/C21H15N3O5.C4H8/c22-13-7-3-6-12-17(13)18(26)20(24-19(27)14-8-4-10-16(25)23-14)11-5-1-2-9-15(11)29-21(12,20)28;1-4-2-3-4/h1-10,28H,22H2,(H,23,25)(H,24,27);4H,2-3H2,1H3/t20-,21-;/m0./s1. The number of aromatic amines is 1. The molecule has 0 bridgehead atoms. The molecule has 168 valence electrons. The minimum absolute atomic E-state index is 0.0599. The summed E-state index contributed by atoms with van der Waals surface area (Å²) in [4.78, 5) is 40.6. The number of para-hydroxylation sites is 1. The number of ketones is 1. The number of rotatable bonds is 2. The van der Waals surface area contributed by atoms with Crippen LogP contribution in [0.3, 0.4) is 0 Å². The van der Waals surface area contributed by atoms with Gasteiger partial charge in [0.1, 0.15) is 11.4 Å². The third-order valence-corrected chi connectivity index (χ3v) is 6.27. The van der Waals surface area contributed by atoms with Crippen LogP contribution in [0.5, 0.6) is 5.75 Å². The molecule has 2 aromatic carbocycles. The summed E-state index contributed by atoms with van der Waals surface area (Å²) in [7, 11) is 0. The van der Waals surface area contributed by atoms with Gasteiger partial charge in [0.15, 0.2) is 0 Å². The Labute approximate surface area is 189 Å². The Kier molecular flexibility index (Phi) is 4.65. The molecule has 1 amide bonds. The molecule has 0 unspecified atom stereocenters. The highest BCUT2D eigenvalue weighted by Gasteiger charge is 2.72. The first-order chi connectivity index (χ1) is 15.8. The Morgan fingerprint density at radius 3 is 2.42 bits per heavy atom. The molecule has 0 spiro atoms. The van der Waals surface area contributed by atoms with Gasteiger partial charge in [-0.25, -0.2) is 0 Å². The van der Waals surface area contributed by atoms with E-state index in [1.54, 1.807) is 30.3 Å². The Bertz CT molecular complexity index is 1350. The molecule has 1 fully saturated rings. The molecule has 2 heterocycles. The minimum atomic E-state index is -2.19. The fraction of sp³-hybridized carbons (Fsp3) is 0.240. The normalized spacial score (nSPS) is 24.0. The van der Waals surface area contributed by atoms with E-state index in [-0.39, 0.29) is 28.3 Å². The van der Waals surface area contributed by atoms with Crippen LogP contribution in [0.25, 0.3) is 0 Å². The number of fused-ring (bicyclic) bond motifs is 5. The highest BCUT2D eigenvalue weighted by molar-refractivity contribution is 6.15. The second kappa shape index (κ2) is 7.31. The van der Waals surface area contributed by atoms with E-state index in [0.29, 0.717) is 5.56 Å². The molecule has 8 heteroatoms. The molecule has 0 radical (unpaired) electrons. The van der Waals surface area contributed by atoms with Gasteiger partial charge in [0.2, 0.25) is 16.9 Å². The van der Waals surface area contributed by atoms with Crippen molar-refractivity contribution in [1.29, 1.82) is 0 Å². The van der Waals surface area contributed by atoms with Crippen molar-refractivity contribution in [2.45, 2.75) is 31.1 Å². The summed E-state index contributed by atoms with van der Waals surface area (Å²) in [6.07, 6.45) is 2.97. The number of aromatic nitrogens is 1. The maximum atomic E-state index is 13.6. The fourth-order valence-corrected chi connectivity index (χ4v) is 4.30. The van der Waals surface area contributed by atoms with Crippen LogP contribution in [-0.2, 0) is 11.3 Å². The average Bonchev–Trinajstić information content (AvgIpc) is 3.50. The molecular weight excluding hydrogens is 422 g/mol. The second-order valence-electron chi connectivity index (χ2n) is 8.66. The van der Waals surface area contributed by atoms with Crippen molar-refractivity contribution in [3.8, 4) is 5.75 Å². The lowest BCUT2D eigenvalue weighted by Crippen LogP contribution is -2.60. The van der Waals surface area contributed by atoms with Crippen LogP contribution in [0.2, 0.25) is 0 Å². The van der Waals surface area contributed by atoms with Crippen LogP contribution >= 0.6 is 0 Å². The number of nitrogens with one attached hydrogen (secondary N) is 2. The van der Waals surface area contributed by atoms with E-state index in [1.807, 2.05) is 0 Å². The van der Waals surface area contributed by atoms with Gasteiger partial charge >= 0.3 is 0 Å². The molecule has 3 aromatic rings. The van der Waals surface area contributed by atoms with Crippen molar-refractivity contribution in [3.63, 3.8) is 0 Å². The molecule has 1 saturated carbocycles. The average molecular weight is 445 g/mol. The number of nitrogen functional groups attached to an aromatic ring is 1. The summed E-state index contributed by atoms with van der Waals surface area (Å²) in [6, 6.07) is 15.3. The maximum Gasteiger partial charge on any atom is 0.271 e. The summed E-state index contributed by atoms with van der Waals surface area (Å²) in [5.74, 6) is -2.19. The third-order valence-electron chi connectivity index (χ3n) is 6.27. The topological polar surface area (TPSA) is 135 Å². The van der Waals surface area contributed by atoms with Gasteiger partial charge in [-0.3, -0.25) is 14.4 Å². The number of benzene rings is 2. The number of Topliss-reactive ketones (excluding diaryl/α,β-unsaturated/α-hetero) is 1. The van der Waals surface area contributed by atoms with Crippen LogP contribution < -0.4 is 21.3 Å². The molecule has 8 nitrogen and oxygen atoms in total. The van der Waals surface area contributed by atoms with Crippen LogP contribution in [0.1, 0.15) is 51.7 Å². The van der Waals surface area contributed by atoms with Crippen molar-refractivity contribution in [1.82, 2.24) is 10.3 Å². The monoisotopic (exact) mass is 445 g/mol. The third kappa shape index (κ3) is 3.06. The van der Waals surface area contributed by atoms with Crippen LogP contribution in [0.15, 0.2) is 65.5 Å². The first kappa shape index (κ1) is 21.0. The smallest absolute Gasteiger partial charge is 0.271 e. The van der Waals surface area contributed by atoms with Gasteiger partial charge in [0, 0.05) is 22.9 Å². The van der Waals surface area contributed by atoms with E-state index < -0.39 is 28.6 Å². The van der Waals surface area contributed by atoms with Crippen molar-refractivity contribution in [2.24, 2.45) is 5.92 Å². The first-order valence-corrected chi connectivity index (χ1v) is 10.7. The number of pyridine rings is 1. The number of aliphatic hydroxyl groups is 1. The fourth-order valence-electron chi connectivity index (χ4n) is 4.30. The van der Waals surface area contributed by atoms with Gasteiger partial charge in [-0.15, -0.1) is 0 Å². The molecule has 3 aliphatic rings. The van der Waals surface area contributed by atoms with Crippen LogP contribution in [0.4, 0.5) is 5.69 Å². The predicted octanol–water partition coefficient (Wildman–Crippen LogP) is 2.43. The zero-order chi connectivity index (χ0) is 23.4. The van der Waals surface area contributed by atoms with Crippen molar-refractivity contribution in [3.05, 3.63) is 93.4 Å². The summed E-state index contributed by atoms with van der Waals surface area (Å²) in [6.45, 7) is 2.28. The summed E-state index contributed by atoms with van der Waals surface area (Å²) >= 11 is 0. The lowest BCUT2D eigenvalue weighted by Gasteiger charge is -2.34. The number of carbonyl (C=O) groups excluding carboxylic acids is 2. The minimum Gasteiger partial charge on any atom is -0.454 e. The van der Waals surface area contributed by atoms with Gasteiger partial charge < -0.3 is 25.9 Å². The lowest BCUT2D eigenvalue weighted by molar-refractivity contribution is -0.169. The van der Waals surface area contributed by atoms with Gasteiger partial charge in [-0.05, 0) is 24.1 Å². The number of hydrogen-bond donors (Lipinski definition) is 4. The molecule has 1 aliphatic heterocycles. The molecule has 2 atom stereocenters. The first-order valence-electron chi connectivity index (χ1n) is 10.7. The Balaban J connectivity index is 0.000000517. The molecule has 5 N–H and O–H groups in total. The number of anilines is 1. The van der Waals surface area contributed by atoms with Gasteiger partial charge in [0.05, 0.1) is 5.56 Å². The lowest BCUT2D eigenvalue weighted by atomic mass is 9.83.